The predicted molar refractivity (Wildman–Crippen MR) is 66.0 cm³/mol. The fraction of sp³-hybridized carbons (Fsp3) is 0.133. The van der Waals surface area contributed by atoms with Gasteiger partial charge in [-0.25, -0.2) is 4.39 Å². The van der Waals surface area contributed by atoms with Crippen molar-refractivity contribution in [2.45, 2.75) is 13.8 Å². The van der Waals surface area contributed by atoms with Gasteiger partial charge in [0.2, 0.25) is 0 Å². The Hall–Kier alpha value is -2.14. The zero-order chi connectivity index (χ0) is 12.4. The summed E-state index contributed by atoms with van der Waals surface area (Å²) in [6.45, 7) is 3.95. The standard InChI is InChI=1S/C15H12FN/c1-10-5-11(2)7-13(6-10)14-8-12(9-17)3-4-15(14)16/h3-8H,1-2H3. The fourth-order valence-corrected chi connectivity index (χ4v) is 1.95. The number of nitrogens with zero attached hydrogens (tertiary/aromatic N) is 1. The van der Waals surface area contributed by atoms with Crippen molar-refractivity contribution in [3.63, 3.8) is 0 Å². The van der Waals surface area contributed by atoms with E-state index in [9.17, 15) is 4.39 Å². The molecule has 2 aromatic rings. The van der Waals surface area contributed by atoms with Gasteiger partial charge in [-0.2, -0.15) is 5.26 Å². The molecule has 0 N–H and O–H groups in total. The van der Waals surface area contributed by atoms with Crippen LogP contribution in [0.25, 0.3) is 11.1 Å². The highest BCUT2D eigenvalue weighted by Crippen LogP contribution is 2.25. The van der Waals surface area contributed by atoms with Gasteiger partial charge in [0.25, 0.3) is 0 Å². The first-order valence-electron chi connectivity index (χ1n) is 5.38. The molecular formula is C15H12FN. The van der Waals surface area contributed by atoms with Crippen molar-refractivity contribution in [2.24, 2.45) is 0 Å². The molecular weight excluding hydrogens is 213 g/mol. The van der Waals surface area contributed by atoms with E-state index in [2.05, 4.69) is 0 Å². The SMILES string of the molecule is Cc1cc(C)cc(-c2cc(C#N)ccc2F)c1. The molecule has 0 fully saturated rings. The lowest BCUT2D eigenvalue weighted by molar-refractivity contribution is 0.631. The Balaban J connectivity index is 2.63. The maximum atomic E-state index is 13.7. The lowest BCUT2D eigenvalue weighted by atomic mass is 9.99. The van der Waals surface area contributed by atoms with Crippen LogP contribution in [0.3, 0.4) is 0 Å². The molecule has 0 radical (unpaired) electrons. The van der Waals surface area contributed by atoms with Crippen LogP contribution in [0.4, 0.5) is 4.39 Å². The molecule has 84 valence electrons. The van der Waals surface area contributed by atoms with Crippen LogP contribution in [-0.2, 0) is 0 Å². The van der Waals surface area contributed by atoms with E-state index in [4.69, 9.17) is 5.26 Å². The largest absolute Gasteiger partial charge is 0.206 e. The predicted octanol–water partition coefficient (Wildman–Crippen LogP) is 3.98. The molecule has 0 saturated heterocycles. The third kappa shape index (κ3) is 2.34. The second kappa shape index (κ2) is 4.39. The zero-order valence-corrected chi connectivity index (χ0v) is 9.79. The molecule has 0 aliphatic carbocycles. The van der Waals surface area contributed by atoms with E-state index in [0.29, 0.717) is 11.1 Å². The third-order valence-electron chi connectivity index (χ3n) is 2.63. The number of halogens is 1. The summed E-state index contributed by atoms with van der Waals surface area (Å²) in [7, 11) is 0. The zero-order valence-electron chi connectivity index (χ0n) is 9.79. The lowest BCUT2D eigenvalue weighted by Crippen LogP contribution is -1.88. The van der Waals surface area contributed by atoms with Gasteiger partial charge in [0.15, 0.2) is 0 Å². The lowest BCUT2D eigenvalue weighted by Gasteiger charge is -2.07. The van der Waals surface area contributed by atoms with Gasteiger partial charge < -0.3 is 0 Å². The van der Waals surface area contributed by atoms with E-state index in [1.165, 1.54) is 12.1 Å². The van der Waals surface area contributed by atoms with E-state index < -0.39 is 0 Å². The maximum Gasteiger partial charge on any atom is 0.131 e. The van der Waals surface area contributed by atoms with Crippen LogP contribution in [0, 0.1) is 31.0 Å². The molecule has 17 heavy (non-hydrogen) atoms. The van der Waals surface area contributed by atoms with Gasteiger partial charge in [0, 0.05) is 5.56 Å². The van der Waals surface area contributed by atoms with Crippen molar-refractivity contribution >= 4 is 0 Å². The van der Waals surface area contributed by atoms with Gasteiger partial charge in [0.1, 0.15) is 5.82 Å². The first-order valence-corrected chi connectivity index (χ1v) is 5.38. The van der Waals surface area contributed by atoms with Crippen LogP contribution in [0.15, 0.2) is 36.4 Å². The number of hydrogen-bond acceptors (Lipinski definition) is 1. The average molecular weight is 225 g/mol. The number of benzene rings is 2. The van der Waals surface area contributed by atoms with E-state index in [1.807, 2.05) is 38.1 Å². The average Bonchev–Trinajstić information content (AvgIpc) is 2.28. The highest BCUT2D eigenvalue weighted by Gasteiger charge is 2.07. The van der Waals surface area contributed by atoms with Crippen molar-refractivity contribution in [3.8, 4) is 17.2 Å². The van der Waals surface area contributed by atoms with E-state index in [1.54, 1.807) is 6.07 Å². The highest BCUT2D eigenvalue weighted by atomic mass is 19.1. The van der Waals surface area contributed by atoms with Gasteiger partial charge in [-0.15, -0.1) is 0 Å². The Kier molecular flexibility index (Phi) is 2.93. The number of aryl methyl sites for hydroxylation is 2. The molecule has 0 heterocycles. The summed E-state index contributed by atoms with van der Waals surface area (Å²) >= 11 is 0. The van der Waals surface area contributed by atoms with Gasteiger partial charge >= 0.3 is 0 Å². The second-order valence-corrected chi connectivity index (χ2v) is 4.18. The van der Waals surface area contributed by atoms with Gasteiger partial charge in [0.05, 0.1) is 11.6 Å². The summed E-state index contributed by atoms with van der Waals surface area (Å²) in [5.41, 5.74) is 3.94. The third-order valence-corrected chi connectivity index (χ3v) is 2.63. The molecule has 2 aromatic carbocycles. The van der Waals surface area contributed by atoms with Crippen LogP contribution in [0.5, 0.6) is 0 Å². The Bertz CT molecular complexity index is 589. The Labute approximate surface area is 100 Å². The molecule has 2 rings (SSSR count). The topological polar surface area (TPSA) is 23.8 Å². The Morgan fingerprint density at radius 2 is 1.65 bits per heavy atom. The minimum absolute atomic E-state index is 0.297. The number of nitriles is 1. The molecule has 0 aromatic heterocycles. The van der Waals surface area contributed by atoms with Gasteiger partial charge in [-0.1, -0.05) is 29.3 Å². The first-order chi connectivity index (χ1) is 8.10. The fourth-order valence-electron chi connectivity index (χ4n) is 1.95. The summed E-state index contributed by atoms with van der Waals surface area (Å²) in [5, 5.41) is 8.84. The van der Waals surface area contributed by atoms with Crippen LogP contribution < -0.4 is 0 Å². The molecule has 0 spiro atoms. The maximum absolute atomic E-state index is 13.7. The van der Waals surface area contributed by atoms with Crippen molar-refractivity contribution in [2.75, 3.05) is 0 Å². The number of hydrogen-bond donors (Lipinski definition) is 0. The van der Waals surface area contributed by atoms with E-state index in [0.717, 1.165) is 16.7 Å². The van der Waals surface area contributed by atoms with E-state index >= 15 is 0 Å². The van der Waals surface area contributed by atoms with Gasteiger partial charge in [-0.05, 0) is 37.6 Å². The van der Waals surface area contributed by atoms with Gasteiger partial charge in [-0.3, -0.25) is 0 Å². The molecule has 1 nitrogen and oxygen atoms in total. The summed E-state index contributed by atoms with van der Waals surface area (Å²) in [5.74, 6) is -0.297. The van der Waals surface area contributed by atoms with Crippen LogP contribution in [-0.4, -0.2) is 0 Å². The molecule has 0 atom stereocenters. The van der Waals surface area contributed by atoms with Crippen molar-refractivity contribution < 1.29 is 4.39 Å². The van der Waals surface area contributed by atoms with Crippen molar-refractivity contribution in [1.82, 2.24) is 0 Å². The molecule has 0 aliphatic rings. The summed E-state index contributed by atoms with van der Waals surface area (Å²) < 4.78 is 13.7. The van der Waals surface area contributed by atoms with Crippen molar-refractivity contribution in [1.29, 1.82) is 5.26 Å². The quantitative estimate of drug-likeness (QED) is 0.720. The highest BCUT2D eigenvalue weighted by molar-refractivity contribution is 5.67. The summed E-state index contributed by atoms with van der Waals surface area (Å²) in [4.78, 5) is 0. The van der Waals surface area contributed by atoms with Crippen molar-refractivity contribution in [3.05, 3.63) is 58.9 Å². The Morgan fingerprint density at radius 3 is 2.24 bits per heavy atom. The second-order valence-electron chi connectivity index (χ2n) is 4.18. The van der Waals surface area contributed by atoms with Crippen LogP contribution in [0.2, 0.25) is 0 Å². The monoisotopic (exact) mass is 225 g/mol. The first kappa shape index (κ1) is 11.3. The molecule has 2 heteroatoms. The van der Waals surface area contributed by atoms with Crippen LogP contribution in [0.1, 0.15) is 16.7 Å². The van der Waals surface area contributed by atoms with Crippen LogP contribution >= 0.6 is 0 Å². The molecule has 0 saturated carbocycles. The Morgan fingerprint density at radius 1 is 1.00 bits per heavy atom. The normalized spacial score (nSPS) is 10.0. The number of rotatable bonds is 1. The van der Waals surface area contributed by atoms with E-state index in [-0.39, 0.29) is 5.82 Å². The smallest absolute Gasteiger partial charge is 0.131 e. The molecule has 0 aliphatic heterocycles. The minimum atomic E-state index is -0.297. The summed E-state index contributed by atoms with van der Waals surface area (Å²) in [6, 6.07) is 12.3. The molecule has 0 unspecified atom stereocenters. The molecule has 0 bridgehead atoms. The molecule has 0 amide bonds. The summed E-state index contributed by atoms with van der Waals surface area (Å²) in [6.07, 6.45) is 0. The minimum Gasteiger partial charge on any atom is -0.206 e.